The lowest BCUT2D eigenvalue weighted by Gasteiger charge is -2.49. The van der Waals surface area contributed by atoms with Crippen molar-refractivity contribution in [2.45, 2.75) is 30.3 Å². The molecule has 1 aromatic rings. The highest BCUT2D eigenvalue weighted by Crippen LogP contribution is 2.41. The molecule has 0 spiro atoms. The highest BCUT2D eigenvalue weighted by molar-refractivity contribution is 8.02. The maximum Gasteiger partial charge on any atom is 0.352 e. The molecule has 3 aliphatic rings. The van der Waals surface area contributed by atoms with Crippen LogP contribution in [0.3, 0.4) is 0 Å². The first-order chi connectivity index (χ1) is 18.1. The lowest BCUT2D eigenvalue weighted by Crippen LogP contribution is -2.71. The fourth-order valence-electron chi connectivity index (χ4n) is 4.43. The predicted octanol–water partition coefficient (Wildman–Crippen LogP) is 0.492. The minimum atomic E-state index is -1.26. The highest BCUT2D eigenvalue weighted by Gasteiger charge is 2.54. The molecule has 3 aliphatic heterocycles. The number of thioether (sulfide) groups is 2. The molecule has 4 rings (SSSR count). The van der Waals surface area contributed by atoms with Gasteiger partial charge in [-0.05, 0) is 36.4 Å². The van der Waals surface area contributed by atoms with Crippen molar-refractivity contribution in [3.8, 4) is 0 Å². The van der Waals surface area contributed by atoms with Crippen molar-refractivity contribution in [1.29, 1.82) is 0 Å². The fourth-order valence-corrected chi connectivity index (χ4v) is 7.65. The Morgan fingerprint density at radius 3 is 2.76 bits per heavy atom. The summed E-state index contributed by atoms with van der Waals surface area (Å²) in [6, 6.07) is -0.827. The van der Waals surface area contributed by atoms with Crippen molar-refractivity contribution in [2.24, 2.45) is 10.9 Å². The first-order valence-corrected chi connectivity index (χ1v) is 14.6. The number of primary amides is 1. The molecule has 3 amide bonds. The van der Waals surface area contributed by atoms with Crippen molar-refractivity contribution in [2.75, 3.05) is 30.3 Å². The summed E-state index contributed by atoms with van der Waals surface area (Å²) < 4.78 is 0.0398. The van der Waals surface area contributed by atoms with E-state index in [0.717, 1.165) is 41.4 Å². The second kappa shape index (κ2) is 11.9. The van der Waals surface area contributed by atoms with Gasteiger partial charge in [0, 0.05) is 17.5 Å². The zero-order chi connectivity index (χ0) is 27.6. The van der Waals surface area contributed by atoms with Crippen LogP contribution in [0.2, 0.25) is 4.34 Å². The molecular weight excluding hydrogens is 578 g/mol. The molecule has 0 saturated carbocycles. The standard InChI is InChI=1S/C21H24ClN7O6S3/c22-16-12(26-21(24)38-16)13(27-35)17(31)25-14-18(32)29-15(20(33)34)9(7-37-19(14)29)3-5-36-8-10-2-1-4-28(10)6-11(23)30/h3,5,10,14,19,35H,1-2,4,6-8H2,(H2,23,30)(H2,24,26)(H,25,31)(H,33,34)/b5-3?,27-13-/t10-,14+,19+/m0/s1. The Bertz CT molecular complexity index is 1250. The number of amides is 3. The van der Waals surface area contributed by atoms with Crippen LogP contribution in [-0.4, -0.2) is 96.6 Å². The Morgan fingerprint density at radius 2 is 2.13 bits per heavy atom. The van der Waals surface area contributed by atoms with Gasteiger partial charge in [-0.3, -0.25) is 24.2 Å². The molecule has 2 saturated heterocycles. The number of rotatable bonds is 10. The molecule has 38 heavy (non-hydrogen) atoms. The summed E-state index contributed by atoms with van der Waals surface area (Å²) in [5.74, 6) is -2.13. The number of nitrogens with one attached hydrogen (secondary N) is 1. The number of hydrogen-bond donors (Lipinski definition) is 5. The molecule has 13 nitrogen and oxygen atoms in total. The highest BCUT2D eigenvalue weighted by atomic mass is 35.5. The van der Waals surface area contributed by atoms with Crippen molar-refractivity contribution in [1.82, 2.24) is 20.1 Å². The van der Waals surface area contributed by atoms with E-state index in [4.69, 9.17) is 23.1 Å². The number of oxime groups is 1. The number of aliphatic carboxylic acids is 1. The van der Waals surface area contributed by atoms with E-state index in [1.807, 2.05) is 4.90 Å². The summed E-state index contributed by atoms with van der Waals surface area (Å²) in [5, 5.41) is 25.8. The minimum absolute atomic E-state index is 0.0398. The first-order valence-electron chi connectivity index (χ1n) is 11.3. The van der Waals surface area contributed by atoms with Gasteiger partial charge in [-0.25, -0.2) is 9.78 Å². The number of likely N-dealkylation sites (tertiary alicyclic amines) is 1. The zero-order valence-electron chi connectivity index (χ0n) is 19.7. The van der Waals surface area contributed by atoms with E-state index >= 15 is 0 Å². The van der Waals surface area contributed by atoms with Crippen LogP contribution in [0, 0.1) is 0 Å². The summed E-state index contributed by atoms with van der Waals surface area (Å²) in [5.41, 5.74) is 10.6. The largest absolute Gasteiger partial charge is 0.477 e. The smallest absolute Gasteiger partial charge is 0.352 e. The van der Waals surface area contributed by atoms with E-state index in [1.54, 1.807) is 11.5 Å². The first kappa shape index (κ1) is 28.2. The van der Waals surface area contributed by atoms with Gasteiger partial charge in [0.2, 0.25) is 5.91 Å². The normalized spacial score (nSPS) is 24.0. The number of nitrogens with two attached hydrogens (primary N) is 2. The van der Waals surface area contributed by atoms with Crippen LogP contribution in [0.15, 0.2) is 27.9 Å². The van der Waals surface area contributed by atoms with Gasteiger partial charge in [0.05, 0.1) is 6.54 Å². The van der Waals surface area contributed by atoms with Crippen LogP contribution in [0.25, 0.3) is 0 Å². The van der Waals surface area contributed by atoms with Crippen LogP contribution < -0.4 is 16.8 Å². The number of carbonyl (C=O) groups is 4. The van der Waals surface area contributed by atoms with Gasteiger partial charge in [-0.15, -0.1) is 23.5 Å². The fraction of sp³-hybridized carbons (Fsp3) is 0.429. The quantitative estimate of drug-likeness (QED) is 0.108. The Kier molecular flexibility index (Phi) is 8.87. The average molecular weight is 602 g/mol. The monoisotopic (exact) mass is 601 g/mol. The molecule has 204 valence electrons. The maximum absolute atomic E-state index is 12.9. The zero-order valence-corrected chi connectivity index (χ0v) is 22.9. The van der Waals surface area contributed by atoms with Gasteiger partial charge in [-0.2, -0.15) is 0 Å². The minimum Gasteiger partial charge on any atom is -0.477 e. The number of allylic oxidation sites excluding steroid dienone is 1. The molecule has 3 atom stereocenters. The van der Waals surface area contributed by atoms with Gasteiger partial charge in [0.15, 0.2) is 10.8 Å². The molecule has 17 heteroatoms. The summed E-state index contributed by atoms with van der Waals surface area (Å²) in [7, 11) is 0. The number of nitrogens with zero attached hydrogens (tertiary/aromatic N) is 4. The number of hydrogen-bond acceptors (Lipinski definition) is 12. The van der Waals surface area contributed by atoms with Crippen molar-refractivity contribution in [3.05, 3.63) is 32.8 Å². The van der Waals surface area contributed by atoms with Gasteiger partial charge in [-0.1, -0.05) is 28.1 Å². The Morgan fingerprint density at radius 1 is 1.37 bits per heavy atom. The number of nitrogen functional groups attached to an aromatic ring is 1. The van der Waals surface area contributed by atoms with Crippen LogP contribution in [-0.2, 0) is 19.2 Å². The van der Waals surface area contributed by atoms with E-state index in [2.05, 4.69) is 15.5 Å². The van der Waals surface area contributed by atoms with Crippen molar-refractivity contribution in [3.63, 3.8) is 0 Å². The Labute approximate surface area is 234 Å². The Hall–Kier alpha value is -2.79. The lowest BCUT2D eigenvalue weighted by atomic mass is 10.0. The molecule has 0 aromatic carbocycles. The van der Waals surface area contributed by atoms with Crippen molar-refractivity contribution >= 4 is 81.0 Å². The van der Waals surface area contributed by atoms with E-state index in [0.29, 0.717) is 11.3 Å². The molecule has 1 aromatic heterocycles. The third kappa shape index (κ3) is 5.78. The van der Waals surface area contributed by atoms with E-state index < -0.39 is 34.9 Å². The average Bonchev–Trinajstić information content (AvgIpc) is 3.44. The second-order valence-electron chi connectivity index (χ2n) is 8.53. The molecule has 7 N–H and O–H groups in total. The van der Waals surface area contributed by atoms with Gasteiger partial charge in [0.1, 0.15) is 27.1 Å². The number of halogens is 1. The lowest BCUT2D eigenvalue weighted by molar-refractivity contribution is -0.150. The van der Waals surface area contributed by atoms with E-state index in [1.165, 1.54) is 23.5 Å². The summed E-state index contributed by atoms with van der Waals surface area (Å²) >= 11 is 9.67. The van der Waals surface area contributed by atoms with E-state index in [-0.39, 0.29) is 39.4 Å². The topological polar surface area (TPSA) is 205 Å². The van der Waals surface area contributed by atoms with E-state index in [9.17, 15) is 29.5 Å². The number of carbonyl (C=O) groups excluding carboxylic acids is 3. The van der Waals surface area contributed by atoms with Crippen molar-refractivity contribution < 1.29 is 29.5 Å². The molecule has 4 heterocycles. The molecular formula is C21H24ClN7O6S3. The maximum atomic E-state index is 12.9. The summed E-state index contributed by atoms with van der Waals surface area (Å²) in [6.07, 6.45) is 3.61. The van der Waals surface area contributed by atoms with Crippen LogP contribution in [0.4, 0.5) is 5.13 Å². The number of carboxylic acids is 1. The number of β-lactam (4-membered cyclic amide) rings is 1. The molecule has 0 bridgehead atoms. The number of thiazole rings is 1. The molecule has 2 fully saturated rings. The van der Waals surface area contributed by atoms with Gasteiger partial charge in [0.25, 0.3) is 11.8 Å². The number of aromatic nitrogens is 1. The van der Waals surface area contributed by atoms with Crippen LogP contribution in [0.5, 0.6) is 0 Å². The van der Waals surface area contributed by atoms with Crippen LogP contribution >= 0.6 is 46.5 Å². The number of fused-ring (bicyclic) bond motifs is 1. The second-order valence-corrected chi connectivity index (χ2v) is 12.2. The molecule has 0 radical (unpaired) electrons. The van der Waals surface area contributed by atoms with Gasteiger partial charge >= 0.3 is 5.97 Å². The number of carboxylic acid groups (broad SMARTS) is 1. The molecule has 0 aliphatic carbocycles. The number of anilines is 1. The molecule has 0 unspecified atom stereocenters. The third-order valence-electron chi connectivity index (χ3n) is 6.14. The summed E-state index contributed by atoms with van der Waals surface area (Å²) in [4.78, 5) is 56.0. The van der Waals surface area contributed by atoms with Gasteiger partial charge < -0.3 is 27.1 Å². The Balaban J connectivity index is 1.40. The van der Waals surface area contributed by atoms with Crippen LogP contribution in [0.1, 0.15) is 18.5 Å². The SMILES string of the molecule is NC(=O)CN1CCC[C@H]1CSC=CC1=C(C(=O)O)N2C(=O)[C@@H](NC(=O)/C(=N\O)c3nc(N)sc3Cl)[C@H]2SC1. The predicted molar refractivity (Wildman–Crippen MR) is 145 cm³/mol. The summed E-state index contributed by atoms with van der Waals surface area (Å²) in [6.45, 7) is 1.03. The third-order valence-corrected chi connectivity index (χ3v) is 9.43.